The molecule has 4 aromatic rings. The summed E-state index contributed by atoms with van der Waals surface area (Å²) in [6.07, 6.45) is 0. The molecule has 0 saturated heterocycles. The molecule has 0 spiro atoms. The lowest BCUT2D eigenvalue weighted by atomic mass is 10.1. The topological polar surface area (TPSA) is 75.0 Å². The zero-order chi connectivity index (χ0) is 20.4. The molecule has 146 valence electrons. The van der Waals surface area contributed by atoms with Gasteiger partial charge in [0.25, 0.3) is 0 Å². The normalized spacial score (nSPS) is 10.8. The first-order chi connectivity index (χ1) is 14.1. The number of carbonyl (C=O) groups is 1. The van der Waals surface area contributed by atoms with E-state index in [9.17, 15) is 9.59 Å². The van der Waals surface area contributed by atoms with Gasteiger partial charge < -0.3 is 18.6 Å². The number of hydrogen-bond donors (Lipinski definition) is 0. The molecular weight excluding hydrogens is 372 g/mol. The molecular formula is C23H18O6. The molecule has 0 saturated carbocycles. The Morgan fingerprint density at radius 3 is 2.31 bits per heavy atom. The van der Waals surface area contributed by atoms with E-state index in [0.29, 0.717) is 34.6 Å². The van der Waals surface area contributed by atoms with Crippen LogP contribution in [-0.2, 0) is 11.3 Å². The van der Waals surface area contributed by atoms with Crippen molar-refractivity contribution in [1.82, 2.24) is 0 Å². The summed E-state index contributed by atoms with van der Waals surface area (Å²) in [7, 11) is 2.90. The van der Waals surface area contributed by atoms with Crippen molar-refractivity contribution in [2.75, 3.05) is 14.2 Å². The van der Waals surface area contributed by atoms with E-state index < -0.39 is 5.63 Å². The number of ether oxygens (including phenoxy) is 3. The molecule has 4 rings (SSSR count). The monoisotopic (exact) mass is 390 g/mol. The fourth-order valence-electron chi connectivity index (χ4n) is 3.13. The van der Waals surface area contributed by atoms with Crippen LogP contribution in [0.25, 0.3) is 21.7 Å². The van der Waals surface area contributed by atoms with Gasteiger partial charge in [0.2, 0.25) is 0 Å². The van der Waals surface area contributed by atoms with Gasteiger partial charge in [0.15, 0.2) is 0 Å². The van der Waals surface area contributed by atoms with Crippen molar-refractivity contribution in [2.24, 2.45) is 0 Å². The molecule has 0 radical (unpaired) electrons. The number of methoxy groups -OCH3 is 2. The lowest BCUT2D eigenvalue weighted by Gasteiger charge is -2.09. The van der Waals surface area contributed by atoms with Gasteiger partial charge in [-0.05, 0) is 48.0 Å². The summed E-state index contributed by atoms with van der Waals surface area (Å²) in [5.41, 5.74) is 1.39. The van der Waals surface area contributed by atoms with E-state index in [1.165, 1.54) is 7.11 Å². The second kappa shape index (κ2) is 7.67. The highest BCUT2D eigenvalue weighted by atomic mass is 16.5. The van der Waals surface area contributed by atoms with Gasteiger partial charge in [0.05, 0.1) is 25.2 Å². The Balaban J connectivity index is 1.60. The van der Waals surface area contributed by atoms with Crippen LogP contribution in [0.15, 0.2) is 69.9 Å². The molecule has 6 heteroatoms. The van der Waals surface area contributed by atoms with Gasteiger partial charge in [-0.1, -0.05) is 12.1 Å². The minimum Gasteiger partial charge on any atom is -0.497 e. The van der Waals surface area contributed by atoms with Gasteiger partial charge in [0, 0.05) is 16.8 Å². The number of esters is 1. The van der Waals surface area contributed by atoms with Crippen molar-refractivity contribution >= 4 is 27.7 Å². The Morgan fingerprint density at radius 1 is 0.862 bits per heavy atom. The van der Waals surface area contributed by atoms with Gasteiger partial charge in [-0.25, -0.2) is 9.59 Å². The molecule has 0 unspecified atom stereocenters. The number of carbonyl (C=O) groups excluding carboxylic acids is 1. The van der Waals surface area contributed by atoms with E-state index in [2.05, 4.69) is 4.74 Å². The maximum absolute atomic E-state index is 12.4. The predicted octanol–water partition coefficient (Wildman–Crippen LogP) is 4.32. The molecule has 0 N–H and O–H groups in total. The average Bonchev–Trinajstić information content (AvgIpc) is 2.77. The van der Waals surface area contributed by atoms with Gasteiger partial charge >= 0.3 is 11.6 Å². The first-order valence-corrected chi connectivity index (χ1v) is 8.94. The zero-order valence-corrected chi connectivity index (χ0v) is 15.9. The van der Waals surface area contributed by atoms with Crippen molar-refractivity contribution in [3.63, 3.8) is 0 Å². The Labute approximate surface area is 166 Å². The first-order valence-electron chi connectivity index (χ1n) is 8.94. The molecule has 6 nitrogen and oxygen atoms in total. The van der Waals surface area contributed by atoms with E-state index in [-0.39, 0.29) is 5.97 Å². The van der Waals surface area contributed by atoms with Crippen LogP contribution in [0.1, 0.15) is 15.9 Å². The number of benzene rings is 3. The van der Waals surface area contributed by atoms with Crippen LogP contribution in [0.2, 0.25) is 0 Å². The summed E-state index contributed by atoms with van der Waals surface area (Å²) in [6, 6.07) is 17.7. The van der Waals surface area contributed by atoms with E-state index in [1.54, 1.807) is 43.5 Å². The molecule has 1 heterocycles. The second-order valence-corrected chi connectivity index (χ2v) is 6.44. The van der Waals surface area contributed by atoms with Gasteiger partial charge in [-0.3, -0.25) is 0 Å². The molecule has 3 aromatic carbocycles. The largest absolute Gasteiger partial charge is 0.497 e. The van der Waals surface area contributed by atoms with Crippen molar-refractivity contribution in [3.8, 4) is 11.5 Å². The van der Waals surface area contributed by atoms with E-state index >= 15 is 0 Å². The van der Waals surface area contributed by atoms with E-state index in [0.717, 1.165) is 16.3 Å². The quantitative estimate of drug-likeness (QED) is 0.287. The van der Waals surface area contributed by atoms with Crippen LogP contribution < -0.4 is 15.1 Å². The lowest BCUT2D eigenvalue weighted by Crippen LogP contribution is -2.02. The summed E-state index contributed by atoms with van der Waals surface area (Å²) in [6.45, 7) is 0.308. The summed E-state index contributed by atoms with van der Waals surface area (Å²) in [5.74, 6) is 0.791. The Morgan fingerprint density at radius 2 is 1.59 bits per heavy atom. The average molecular weight is 390 g/mol. The minimum atomic E-state index is -0.429. The molecule has 0 atom stereocenters. The van der Waals surface area contributed by atoms with E-state index in [1.807, 2.05) is 24.3 Å². The Hall–Kier alpha value is -3.80. The number of rotatable bonds is 5. The summed E-state index contributed by atoms with van der Waals surface area (Å²) < 4.78 is 21.2. The predicted molar refractivity (Wildman–Crippen MR) is 109 cm³/mol. The molecule has 0 fully saturated rings. The third-order valence-corrected chi connectivity index (χ3v) is 4.67. The van der Waals surface area contributed by atoms with Crippen LogP contribution in [-0.4, -0.2) is 20.2 Å². The highest BCUT2D eigenvalue weighted by Gasteiger charge is 2.10. The number of hydrogen-bond acceptors (Lipinski definition) is 6. The minimum absolute atomic E-state index is 0.308. The van der Waals surface area contributed by atoms with E-state index in [4.69, 9.17) is 13.9 Å². The third kappa shape index (κ3) is 3.65. The SMILES string of the molecule is COC(=O)c1ccc(COc2ccc3c(c2)oc(=O)c2cc(OC)ccc23)cc1. The maximum Gasteiger partial charge on any atom is 0.344 e. The third-order valence-electron chi connectivity index (χ3n) is 4.67. The summed E-state index contributed by atoms with van der Waals surface area (Å²) >= 11 is 0. The van der Waals surface area contributed by atoms with Gasteiger partial charge in [0.1, 0.15) is 23.7 Å². The fraction of sp³-hybridized carbons (Fsp3) is 0.130. The van der Waals surface area contributed by atoms with Crippen LogP contribution in [0, 0.1) is 0 Å². The van der Waals surface area contributed by atoms with Crippen LogP contribution in [0.5, 0.6) is 11.5 Å². The molecule has 29 heavy (non-hydrogen) atoms. The smallest absolute Gasteiger partial charge is 0.344 e. The van der Waals surface area contributed by atoms with Crippen LogP contribution in [0.3, 0.4) is 0 Å². The lowest BCUT2D eigenvalue weighted by molar-refractivity contribution is 0.0600. The molecule has 0 aliphatic heterocycles. The molecule has 0 bridgehead atoms. The summed E-state index contributed by atoms with van der Waals surface area (Å²) in [5, 5.41) is 2.08. The van der Waals surface area contributed by atoms with Crippen LogP contribution in [0.4, 0.5) is 0 Å². The van der Waals surface area contributed by atoms with Gasteiger partial charge in [-0.2, -0.15) is 0 Å². The highest BCUT2D eigenvalue weighted by molar-refractivity contribution is 6.04. The molecule has 0 aliphatic rings. The first kappa shape index (κ1) is 18.6. The van der Waals surface area contributed by atoms with Gasteiger partial charge in [-0.15, -0.1) is 0 Å². The van der Waals surface area contributed by atoms with Crippen molar-refractivity contribution in [2.45, 2.75) is 6.61 Å². The molecule has 0 amide bonds. The highest BCUT2D eigenvalue weighted by Crippen LogP contribution is 2.28. The van der Waals surface area contributed by atoms with Crippen LogP contribution >= 0.6 is 0 Å². The van der Waals surface area contributed by atoms with Crippen molar-refractivity contribution < 1.29 is 23.4 Å². The summed E-state index contributed by atoms with van der Waals surface area (Å²) in [4.78, 5) is 23.9. The Bertz CT molecular complexity index is 1250. The van der Waals surface area contributed by atoms with Crippen molar-refractivity contribution in [1.29, 1.82) is 0 Å². The number of fused-ring (bicyclic) bond motifs is 3. The molecule has 0 aliphatic carbocycles. The van der Waals surface area contributed by atoms with Crippen molar-refractivity contribution in [3.05, 3.63) is 82.2 Å². The standard InChI is InChI=1S/C23H18O6/c1-26-16-7-9-18-19-10-8-17(12-21(19)29-23(25)20(18)11-16)28-13-14-3-5-15(6-4-14)22(24)27-2/h3-12H,13H2,1-2H3. The molecule has 1 aromatic heterocycles. The maximum atomic E-state index is 12.4. The fourth-order valence-corrected chi connectivity index (χ4v) is 3.13. The zero-order valence-electron chi connectivity index (χ0n) is 15.9. The Kier molecular flexibility index (Phi) is 4.91. The second-order valence-electron chi connectivity index (χ2n) is 6.44.